The largest absolute Gasteiger partial charge is 0.323 e. The van der Waals surface area contributed by atoms with Crippen LogP contribution < -0.4 is 5.32 Å². The van der Waals surface area contributed by atoms with Gasteiger partial charge in [-0.25, -0.2) is 8.78 Å². The van der Waals surface area contributed by atoms with Crippen LogP contribution in [0.5, 0.6) is 0 Å². The van der Waals surface area contributed by atoms with Crippen molar-refractivity contribution >= 4 is 23.4 Å². The van der Waals surface area contributed by atoms with Gasteiger partial charge >= 0.3 is 0 Å². The van der Waals surface area contributed by atoms with Gasteiger partial charge in [0, 0.05) is 6.07 Å². The zero-order valence-corrected chi connectivity index (χ0v) is 16.9. The van der Waals surface area contributed by atoms with Gasteiger partial charge in [-0.05, 0) is 60.0 Å². The second-order valence-corrected chi connectivity index (χ2v) is 7.82. The van der Waals surface area contributed by atoms with Gasteiger partial charge in [-0.3, -0.25) is 4.79 Å². The molecule has 1 amide bonds. The highest BCUT2D eigenvalue weighted by Crippen LogP contribution is 2.25. The number of rotatable bonds is 8. The first kappa shape index (κ1) is 20.9. The second kappa shape index (κ2) is 9.60. The van der Waals surface area contributed by atoms with Crippen molar-refractivity contribution < 1.29 is 13.6 Å². The summed E-state index contributed by atoms with van der Waals surface area (Å²) >= 11 is 1.13. The number of benzene rings is 2. The molecule has 6 nitrogen and oxygen atoms in total. The van der Waals surface area contributed by atoms with Gasteiger partial charge in [0.25, 0.3) is 0 Å². The fraction of sp³-hybridized carbons (Fsp3) is 0.300. The molecule has 152 valence electrons. The van der Waals surface area contributed by atoms with Crippen LogP contribution in [0, 0.1) is 11.6 Å². The van der Waals surface area contributed by atoms with Crippen molar-refractivity contribution in [1.82, 2.24) is 20.2 Å². The van der Waals surface area contributed by atoms with Gasteiger partial charge < -0.3 is 5.32 Å². The Morgan fingerprint density at radius 2 is 1.97 bits per heavy atom. The number of unbranched alkanes of at least 4 members (excludes halogenated alkanes) is 1. The van der Waals surface area contributed by atoms with Gasteiger partial charge in [-0.1, -0.05) is 37.2 Å². The maximum Gasteiger partial charge on any atom is 0.237 e. The van der Waals surface area contributed by atoms with Crippen LogP contribution in [0.4, 0.5) is 14.5 Å². The van der Waals surface area contributed by atoms with Gasteiger partial charge in [-0.2, -0.15) is 4.68 Å². The van der Waals surface area contributed by atoms with E-state index in [1.54, 1.807) is 11.6 Å². The van der Waals surface area contributed by atoms with Gasteiger partial charge in [-0.15, -0.1) is 5.10 Å². The third-order valence-electron chi connectivity index (χ3n) is 4.28. The Labute approximate surface area is 171 Å². The maximum absolute atomic E-state index is 13.7. The normalized spacial score (nSPS) is 12.0. The molecule has 3 aromatic rings. The summed E-state index contributed by atoms with van der Waals surface area (Å²) in [4.78, 5) is 12.4. The Hall–Kier alpha value is -2.81. The lowest BCUT2D eigenvalue weighted by molar-refractivity contribution is -0.115. The van der Waals surface area contributed by atoms with E-state index in [2.05, 4.69) is 27.8 Å². The minimum atomic E-state index is -0.704. The highest BCUT2D eigenvalue weighted by molar-refractivity contribution is 8.00. The second-order valence-electron chi connectivity index (χ2n) is 6.52. The molecule has 0 aliphatic heterocycles. The standard InChI is InChI=1S/C20H21F2N5OS/c1-3-4-5-14-6-9-16(10-7-14)27-20(24-25-26-27)29-13(2)19(28)23-18-12-15(21)8-11-17(18)22/h6-13H,3-5H2,1-2H3,(H,23,28). The average Bonchev–Trinajstić information content (AvgIpc) is 3.17. The van der Waals surface area contributed by atoms with Crippen LogP contribution in [0.3, 0.4) is 0 Å². The Kier molecular flexibility index (Phi) is 6.92. The van der Waals surface area contributed by atoms with Crippen LogP contribution in [-0.4, -0.2) is 31.4 Å². The number of halogens is 2. The number of thioether (sulfide) groups is 1. The zero-order valence-electron chi connectivity index (χ0n) is 16.1. The number of nitrogens with one attached hydrogen (secondary N) is 1. The highest BCUT2D eigenvalue weighted by atomic mass is 32.2. The third-order valence-corrected chi connectivity index (χ3v) is 5.31. The maximum atomic E-state index is 13.7. The first-order valence-electron chi connectivity index (χ1n) is 9.28. The van der Waals surface area contributed by atoms with Crippen molar-refractivity contribution in [1.29, 1.82) is 0 Å². The van der Waals surface area contributed by atoms with Crippen LogP contribution in [0.1, 0.15) is 32.3 Å². The summed E-state index contributed by atoms with van der Waals surface area (Å²) < 4.78 is 28.6. The molecule has 2 aromatic carbocycles. The van der Waals surface area contributed by atoms with E-state index in [1.807, 2.05) is 24.3 Å². The lowest BCUT2D eigenvalue weighted by Gasteiger charge is -2.12. The number of carbonyl (C=O) groups is 1. The number of anilines is 1. The molecule has 0 fully saturated rings. The predicted octanol–water partition coefficient (Wildman–Crippen LogP) is 4.40. The third kappa shape index (κ3) is 5.38. The Morgan fingerprint density at radius 1 is 1.21 bits per heavy atom. The Balaban J connectivity index is 1.68. The van der Waals surface area contributed by atoms with Crippen LogP contribution in [0.15, 0.2) is 47.6 Å². The molecule has 1 atom stereocenters. The van der Waals surface area contributed by atoms with Gasteiger partial charge in [0.1, 0.15) is 11.6 Å². The van der Waals surface area contributed by atoms with Crippen molar-refractivity contribution in [2.45, 2.75) is 43.5 Å². The molecule has 1 heterocycles. The molecule has 0 saturated heterocycles. The topological polar surface area (TPSA) is 72.7 Å². The number of aromatic nitrogens is 4. The molecule has 0 bridgehead atoms. The molecule has 0 spiro atoms. The number of hydrogen-bond acceptors (Lipinski definition) is 5. The van der Waals surface area contributed by atoms with Crippen LogP contribution in [0.25, 0.3) is 5.69 Å². The summed E-state index contributed by atoms with van der Waals surface area (Å²) in [5, 5.41) is 13.9. The van der Waals surface area contributed by atoms with Gasteiger partial charge in [0.05, 0.1) is 16.6 Å². The first-order chi connectivity index (χ1) is 14.0. The Morgan fingerprint density at radius 3 is 2.69 bits per heavy atom. The molecule has 0 saturated carbocycles. The quantitative estimate of drug-likeness (QED) is 0.550. The van der Waals surface area contributed by atoms with E-state index >= 15 is 0 Å². The van der Waals surface area contributed by atoms with Crippen molar-refractivity contribution in [2.75, 3.05) is 5.32 Å². The smallest absolute Gasteiger partial charge is 0.237 e. The van der Waals surface area contributed by atoms with Crippen molar-refractivity contribution in [3.63, 3.8) is 0 Å². The van der Waals surface area contributed by atoms with E-state index in [9.17, 15) is 13.6 Å². The van der Waals surface area contributed by atoms with Gasteiger partial charge in [0.2, 0.25) is 11.1 Å². The van der Waals surface area contributed by atoms with E-state index in [0.29, 0.717) is 5.16 Å². The molecule has 1 aromatic heterocycles. The van der Waals surface area contributed by atoms with Gasteiger partial charge in [0.15, 0.2) is 0 Å². The summed E-state index contributed by atoms with van der Waals surface area (Å²) in [5.41, 5.74) is 1.81. The van der Waals surface area contributed by atoms with Crippen LogP contribution in [-0.2, 0) is 11.2 Å². The zero-order chi connectivity index (χ0) is 20.8. The number of amides is 1. The van der Waals surface area contributed by atoms with Crippen LogP contribution >= 0.6 is 11.8 Å². The summed E-state index contributed by atoms with van der Waals surface area (Å²) in [6, 6.07) is 10.8. The summed E-state index contributed by atoms with van der Waals surface area (Å²) in [5.74, 6) is -1.82. The monoisotopic (exact) mass is 417 g/mol. The number of carbonyl (C=O) groups excluding carboxylic acids is 1. The van der Waals surface area contributed by atoms with E-state index < -0.39 is 22.8 Å². The minimum Gasteiger partial charge on any atom is -0.323 e. The lowest BCUT2D eigenvalue weighted by Crippen LogP contribution is -2.23. The van der Waals surface area contributed by atoms with E-state index in [-0.39, 0.29) is 5.69 Å². The lowest BCUT2D eigenvalue weighted by atomic mass is 10.1. The summed E-state index contributed by atoms with van der Waals surface area (Å²) in [7, 11) is 0. The molecule has 29 heavy (non-hydrogen) atoms. The first-order valence-corrected chi connectivity index (χ1v) is 10.2. The molecular formula is C20H21F2N5OS. The van der Waals surface area contributed by atoms with Crippen molar-refractivity contribution in [3.05, 3.63) is 59.7 Å². The van der Waals surface area contributed by atoms with Crippen LogP contribution in [0.2, 0.25) is 0 Å². The summed E-state index contributed by atoms with van der Waals surface area (Å²) in [6.07, 6.45) is 3.28. The number of hydrogen-bond donors (Lipinski definition) is 1. The van der Waals surface area contributed by atoms with E-state index in [4.69, 9.17) is 0 Å². The molecule has 9 heteroatoms. The Bertz CT molecular complexity index is 977. The summed E-state index contributed by atoms with van der Waals surface area (Å²) in [6.45, 7) is 3.79. The highest BCUT2D eigenvalue weighted by Gasteiger charge is 2.20. The molecular weight excluding hydrogens is 396 g/mol. The SMILES string of the molecule is CCCCc1ccc(-n2nnnc2SC(C)C(=O)Nc2cc(F)ccc2F)cc1. The number of aryl methyl sites for hydroxylation is 1. The number of nitrogens with zero attached hydrogens (tertiary/aromatic N) is 4. The van der Waals surface area contributed by atoms with E-state index in [0.717, 1.165) is 54.9 Å². The van der Waals surface area contributed by atoms with Crippen molar-refractivity contribution in [2.24, 2.45) is 0 Å². The molecule has 0 aliphatic rings. The molecule has 3 rings (SSSR count). The molecule has 1 unspecified atom stereocenters. The van der Waals surface area contributed by atoms with E-state index in [1.165, 1.54) is 5.56 Å². The molecule has 0 aliphatic carbocycles. The fourth-order valence-corrected chi connectivity index (χ4v) is 3.45. The average molecular weight is 417 g/mol. The fourth-order valence-electron chi connectivity index (χ4n) is 2.64. The molecule has 1 N–H and O–H groups in total. The minimum absolute atomic E-state index is 0.204. The molecule has 0 radical (unpaired) electrons. The number of tetrazole rings is 1. The predicted molar refractivity (Wildman–Crippen MR) is 108 cm³/mol. The van der Waals surface area contributed by atoms with Crippen molar-refractivity contribution in [3.8, 4) is 5.69 Å².